The van der Waals surface area contributed by atoms with Gasteiger partial charge in [0.05, 0.1) is 31.6 Å². The van der Waals surface area contributed by atoms with Crippen LogP contribution in [-0.2, 0) is 22.7 Å². The number of nitrogens with one attached hydrogen (secondary N) is 2. The average Bonchev–Trinajstić information content (AvgIpc) is 3.18. The predicted octanol–water partition coefficient (Wildman–Crippen LogP) is 1.69. The topological polar surface area (TPSA) is 83.8 Å². The molecule has 144 valence electrons. The Morgan fingerprint density at radius 3 is 2.81 bits per heavy atom. The van der Waals surface area contributed by atoms with Gasteiger partial charge in [0.1, 0.15) is 5.75 Å². The molecule has 3 rings (SSSR count). The Hall–Kier alpha value is -2.80. The molecule has 1 aliphatic heterocycles. The molecule has 1 aromatic heterocycles. The Balaban J connectivity index is 1.58. The summed E-state index contributed by atoms with van der Waals surface area (Å²) >= 11 is 0. The van der Waals surface area contributed by atoms with Gasteiger partial charge in [-0.3, -0.25) is 14.5 Å². The number of nitrogens with zero attached hydrogens (tertiary/aromatic N) is 1. The van der Waals surface area contributed by atoms with Gasteiger partial charge in [0.2, 0.25) is 11.8 Å². The van der Waals surface area contributed by atoms with Gasteiger partial charge in [-0.1, -0.05) is 12.1 Å². The molecule has 1 aliphatic rings. The zero-order valence-corrected chi connectivity index (χ0v) is 15.4. The van der Waals surface area contributed by atoms with Crippen molar-refractivity contribution < 1.29 is 18.7 Å². The summed E-state index contributed by atoms with van der Waals surface area (Å²) < 4.78 is 10.5. The van der Waals surface area contributed by atoms with Crippen LogP contribution in [0.3, 0.4) is 0 Å². The summed E-state index contributed by atoms with van der Waals surface area (Å²) in [5, 5.41) is 5.69. The van der Waals surface area contributed by atoms with Crippen molar-refractivity contribution in [1.29, 1.82) is 0 Å². The molecule has 0 saturated carbocycles. The van der Waals surface area contributed by atoms with Crippen molar-refractivity contribution in [2.75, 3.05) is 19.7 Å². The predicted molar refractivity (Wildman–Crippen MR) is 100.0 cm³/mol. The third-order valence-electron chi connectivity index (χ3n) is 4.51. The summed E-state index contributed by atoms with van der Waals surface area (Å²) in [6.07, 6.45) is 3.28. The number of benzene rings is 1. The summed E-state index contributed by atoms with van der Waals surface area (Å²) in [5.41, 5.74) is 1.97. The average molecular weight is 371 g/mol. The Morgan fingerprint density at radius 2 is 2.11 bits per heavy atom. The van der Waals surface area contributed by atoms with E-state index in [9.17, 15) is 9.59 Å². The molecule has 1 fully saturated rings. The fraction of sp³-hybridized carbons (Fsp3) is 0.400. The van der Waals surface area contributed by atoms with Crippen LogP contribution in [0.5, 0.6) is 5.75 Å². The van der Waals surface area contributed by atoms with Crippen LogP contribution in [0.4, 0.5) is 0 Å². The number of hydrogen-bond acceptors (Lipinski definition) is 5. The Kier molecular flexibility index (Phi) is 6.49. The smallest absolute Gasteiger partial charge is 0.237 e. The van der Waals surface area contributed by atoms with E-state index < -0.39 is 6.04 Å². The van der Waals surface area contributed by atoms with Gasteiger partial charge in [0, 0.05) is 31.7 Å². The lowest BCUT2D eigenvalue weighted by molar-refractivity contribution is -0.134. The largest absolute Gasteiger partial charge is 0.494 e. The highest BCUT2D eigenvalue weighted by molar-refractivity contribution is 5.88. The van der Waals surface area contributed by atoms with E-state index >= 15 is 0 Å². The monoisotopic (exact) mass is 371 g/mol. The second-order valence-corrected chi connectivity index (χ2v) is 6.47. The highest BCUT2D eigenvalue weighted by Crippen LogP contribution is 2.17. The van der Waals surface area contributed by atoms with E-state index in [2.05, 4.69) is 10.6 Å². The number of rotatable bonds is 8. The van der Waals surface area contributed by atoms with E-state index in [1.807, 2.05) is 36.1 Å². The number of hydrogen-bond donors (Lipinski definition) is 2. The van der Waals surface area contributed by atoms with Crippen molar-refractivity contribution in [2.24, 2.45) is 0 Å². The zero-order valence-electron chi connectivity index (χ0n) is 15.4. The maximum atomic E-state index is 12.3. The van der Waals surface area contributed by atoms with Crippen LogP contribution in [-0.4, -0.2) is 42.5 Å². The molecule has 2 amide bonds. The van der Waals surface area contributed by atoms with Crippen LogP contribution >= 0.6 is 0 Å². The fourth-order valence-corrected chi connectivity index (χ4v) is 3.11. The van der Waals surface area contributed by atoms with Gasteiger partial charge in [-0.15, -0.1) is 0 Å². The first-order valence-electron chi connectivity index (χ1n) is 9.17. The molecule has 2 N–H and O–H groups in total. The van der Waals surface area contributed by atoms with Crippen LogP contribution in [0, 0.1) is 0 Å². The second-order valence-electron chi connectivity index (χ2n) is 6.47. The molecule has 0 spiro atoms. The maximum absolute atomic E-state index is 12.3. The van der Waals surface area contributed by atoms with Crippen LogP contribution in [0.15, 0.2) is 47.3 Å². The van der Waals surface area contributed by atoms with E-state index in [4.69, 9.17) is 9.15 Å². The Labute approximate surface area is 158 Å². The lowest BCUT2D eigenvalue weighted by Crippen LogP contribution is -2.56. The summed E-state index contributed by atoms with van der Waals surface area (Å²) in [7, 11) is 0. The van der Waals surface area contributed by atoms with Crippen molar-refractivity contribution in [3.8, 4) is 5.75 Å². The summed E-state index contributed by atoms with van der Waals surface area (Å²) in [5.74, 6) is 0.563. The lowest BCUT2D eigenvalue weighted by Gasteiger charge is -2.34. The van der Waals surface area contributed by atoms with E-state index in [1.165, 1.54) is 0 Å². The molecule has 0 bridgehead atoms. The molecule has 1 saturated heterocycles. The molecule has 0 radical (unpaired) electrons. The summed E-state index contributed by atoms with van der Waals surface area (Å²) in [6.45, 7) is 4.87. The van der Waals surface area contributed by atoms with Gasteiger partial charge in [-0.05, 0) is 30.7 Å². The minimum absolute atomic E-state index is 0.106. The van der Waals surface area contributed by atoms with Crippen LogP contribution in [0.1, 0.15) is 24.5 Å². The number of amides is 2. The minimum atomic E-state index is -0.477. The van der Waals surface area contributed by atoms with Crippen LogP contribution < -0.4 is 15.4 Å². The molecule has 7 nitrogen and oxygen atoms in total. The van der Waals surface area contributed by atoms with Gasteiger partial charge in [-0.2, -0.15) is 0 Å². The number of ether oxygens (including phenoxy) is 1. The van der Waals surface area contributed by atoms with E-state index in [0.717, 1.165) is 16.9 Å². The molecule has 2 heterocycles. The van der Waals surface area contributed by atoms with Gasteiger partial charge in [0.25, 0.3) is 0 Å². The van der Waals surface area contributed by atoms with Gasteiger partial charge in [-0.25, -0.2) is 0 Å². The SMILES string of the molecule is CCOc1ccc(CN2CCNC(=O)C2CC(=O)NCc2ccoc2)cc1. The molecule has 27 heavy (non-hydrogen) atoms. The highest BCUT2D eigenvalue weighted by Gasteiger charge is 2.31. The van der Waals surface area contributed by atoms with E-state index in [-0.39, 0.29) is 18.2 Å². The third kappa shape index (κ3) is 5.34. The first-order chi connectivity index (χ1) is 13.2. The van der Waals surface area contributed by atoms with Crippen molar-refractivity contribution in [3.63, 3.8) is 0 Å². The molecule has 1 unspecified atom stereocenters. The van der Waals surface area contributed by atoms with Crippen molar-refractivity contribution in [1.82, 2.24) is 15.5 Å². The number of carbonyl (C=O) groups excluding carboxylic acids is 2. The molecular weight excluding hydrogens is 346 g/mol. The normalized spacial score (nSPS) is 17.4. The van der Waals surface area contributed by atoms with Crippen molar-refractivity contribution in [2.45, 2.75) is 32.5 Å². The van der Waals surface area contributed by atoms with E-state index in [0.29, 0.717) is 32.8 Å². The third-order valence-corrected chi connectivity index (χ3v) is 4.51. The van der Waals surface area contributed by atoms with Crippen LogP contribution in [0.2, 0.25) is 0 Å². The van der Waals surface area contributed by atoms with Gasteiger partial charge < -0.3 is 19.8 Å². The second kappa shape index (κ2) is 9.23. The zero-order chi connectivity index (χ0) is 19.1. The standard InChI is InChI=1S/C20H25N3O4/c1-2-27-17-5-3-15(4-6-17)13-23-9-8-21-20(25)18(23)11-19(24)22-12-16-7-10-26-14-16/h3-7,10,14,18H,2,8-9,11-13H2,1H3,(H,21,25)(H,22,24). The van der Waals surface area contributed by atoms with Gasteiger partial charge in [0.15, 0.2) is 0 Å². The quantitative estimate of drug-likeness (QED) is 0.738. The first-order valence-corrected chi connectivity index (χ1v) is 9.17. The van der Waals surface area contributed by atoms with Gasteiger partial charge >= 0.3 is 0 Å². The summed E-state index contributed by atoms with van der Waals surface area (Å²) in [4.78, 5) is 26.7. The van der Waals surface area contributed by atoms with Crippen LogP contribution in [0.25, 0.3) is 0 Å². The molecule has 1 atom stereocenters. The molecule has 1 aromatic carbocycles. The minimum Gasteiger partial charge on any atom is -0.494 e. The van der Waals surface area contributed by atoms with E-state index in [1.54, 1.807) is 18.6 Å². The Morgan fingerprint density at radius 1 is 1.30 bits per heavy atom. The Bertz CT molecular complexity index is 743. The maximum Gasteiger partial charge on any atom is 0.237 e. The first kappa shape index (κ1) is 19.0. The molecular formula is C20H25N3O4. The lowest BCUT2D eigenvalue weighted by atomic mass is 10.1. The molecule has 2 aromatic rings. The van der Waals surface area contributed by atoms with Crippen molar-refractivity contribution in [3.05, 3.63) is 54.0 Å². The number of carbonyl (C=O) groups is 2. The molecule has 7 heteroatoms. The number of piperazine rings is 1. The number of furan rings is 1. The molecule has 0 aliphatic carbocycles. The highest BCUT2D eigenvalue weighted by atomic mass is 16.5. The summed E-state index contributed by atoms with van der Waals surface area (Å²) in [6, 6.07) is 9.16. The van der Waals surface area contributed by atoms with Crippen molar-refractivity contribution >= 4 is 11.8 Å². The fourth-order valence-electron chi connectivity index (χ4n) is 3.11.